The fraction of sp³-hybridized carbons (Fsp3) is 0.586. The monoisotopic (exact) mass is 483 g/mol. The molecule has 2 aliphatic rings. The number of methoxy groups -OCH3 is 1. The molecule has 6 heteroatoms. The molecule has 1 aliphatic carbocycles. The van der Waals surface area contributed by atoms with Gasteiger partial charge in [-0.15, -0.1) is 0 Å². The second-order valence-corrected chi connectivity index (χ2v) is 10.0. The van der Waals surface area contributed by atoms with Crippen LogP contribution in [0.2, 0.25) is 0 Å². The molecule has 2 N–H and O–H groups in total. The van der Waals surface area contributed by atoms with Gasteiger partial charge in [0.2, 0.25) is 5.91 Å². The van der Waals surface area contributed by atoms with Gasteiger partial charge in [0.1, 0.15) is 6.10 Å². The number of benzene rings is 1. The van der Waals surface area contributed by atoms with Gasteiger partial charge < -0.3 is 19.9 Å². The van der Waals surface area contributed by atoms with Gasteiger partial charge in [-0.3, -0.25) is 9.59 Å². The van der Waals surface area contributed by atoms with Crippen molar-refractivity contribution in [2.75, 3.05) is 12.4 Å². The number of hydrogen-bond donors (Lipinski definition) is 2. The van der Waals surface area contributed by atoms with Gasteiger partial charge in [0.25, 0.3) is 0 Å². The number of amides is 1. The highest BCUT2D eigenvalue weighted by Crippen LogP contribution is 2.52. The van der Waals surface area contributed by atoms with E-state index in [0.717, 1.165) is 49.8 Å². The van der Waals surface area contributed by atoms with Crippen LogP contribution in [0.1, 0.15) is 84.6 Å². The normalized spacial score (nSPS) is 27.0. The highest BCUT2D eigenvalue weighted by Gasteiger charge is 2.41. The first-order valence-corrected chi connectivity index (χ1v) is 12.9. The van der Waals surface area contributed by atoms with Crippen molar-refractivity contribution in [1.82, 2.24) is 0 Å². The van der Waals surface area contributed by atoms with Crippen LogP contribution in [-0.4, -0.2) is 41.9 Å². The van der Waals surface area contributed by atoms with Crippen molar-refractivity contribution in [1.29, 1.82) is 0 Å². The van der Waals surface area contributed by atoms with Crippen LogP contribution in [0.4, 0.5) is 5.69 Å². The molecular weight excluding hydrogens is 442 g/mol. The highest BCUT2D eigenvalue weighted by molar-refractivity contribution is 5.89. The molecule has 1 saturated heterocycles. The molecule has 3 unspecified atom stereocenters. The lowest BCUT2D eigenvalue weighted by Crippen LogP contribution is -2.31. The number of carbonyl (C=O) groups is 2. The van der Waals surface area contributed by atoms with Crippen molar-refractivity contribution in [2.45, 2.75) is 96.9 Å². The number of nitrogens with one attached hydrogen (secondary N) is 1. The minimum absolute atomic E-state index is 0.0505. The molecule has 1 heterocycles. The Labute approximate surface area is 209 Å². The van der Waals surface area contributed by atoms with Gasteiger partial charge in [-0.25, -0.2) is 0 Å². The van der Waals surface area contributed by atoms with Crippen LogP contribution in [0.25, 0.3) is 5.57 Å². The molecule has 192 valence electrons. The van der Waals surface area contributed by atoms with E-state index in [9.17, 15) is 14.7 Å². The lowest BCUT2D eigenvalue weighted by Gasteiger charge is -2.35. The van der Waals surface area contributed by atoms with E-state index in [1.165, 1.54) is 18.1 Å². The van der Waals surface area contributed by atoms with Crippen molar-refractivity contribution < 1.29 is 24.2 Å². The van der Waals surface area contributed by atoms with Gasteiger partial charge >= 0.3 is 5.97 Å². The predicted molar refractivity (Wildman–Crippen MR) is 139 cm³/mol. The second kappa shape index (κ2) is 11.5. The first kappa shape index (κ1) is 27.2. The molecule has 1 aromatic carbocycles. The number of anilines is 1. The number of ether oxygens (including phenoxy) is 2. The smallest absolute Gasteiger partial charge is 0.309 e. The molecule has 35 heavy (non-hydrogen) atoms. The molecule has 0 aromatic heterocycles. The number of cyclic esters (lactones) is 1. The van der Waals surface area contributed by atoms with E-state index in [4.69, 9.17) is 9.47 Å². The zero-order valence-electron chi connectivity index (χ0n) is 21.9. The minimum atomic E-state index is -0.675. The SMILES string of the molecule is CCC1(OC)CCC(CC)(CC)C(C=CC2CC(O)CC(=O)O2)=C(c2cccc(NC(C)=O)c2)C1. The number of esters is 1. The van der Waals surface area contributed by atoms with Gasteiger partial charge in [-0.1, -0.05) is 39.0 Å². The summed E-state index contributed by atoms with van der Waals surface area (Å²) in [5, 5.41) is 13.0. The first-order chi connectivity index (χ1) is 16.7. The Hall–Kier alpha value is -2.44. The molecule has 6 nitrogen and oxygen atoms in total. The van der Waals surface area contributed by atoms with E-state index in [-0.39, 0.29) is 29.3 Å². The second-order valence-electron chi connectivity index (χ2n) is 10.0. The number of aliphatic hydroxyl groups excluding tert-OH is 1. The van der Waals surface area contributed by atoms with Crippen LogP contribution in [0, 0.1) is 5.41 Å². The van der Waals surface area contributed by atoms with E-state index in [1.807, 2.05) is 24.3 Å². The maximum Gasteiger partial charge on any atom is 0.309 e. The Morgan fingerprint density at radius 1 is 1.23 bits per heavy atom. The lowest BCUT2D eigenvalue weighted by molar-refractivity contribution is -0.156. The predicted octanol–water partition coefficient (Wildman–Crippen LogP) is 5.81. The van der Waals surface area contributed by atoms with Gasteiger partial charge in [-0.2, -0.15) is 0 Å². The van der Waals surface area contributed by atoms with Crippen LogP contribution in [-0.2, 0) is 19.1 Å². The molecule has 0 saturated carbocycles. The highest BCUT2D eigenvalue weighted by atomic mass is 16.5. The molecular formula is C29H41NO5. The summed E-state index contributed by atoms with van der Waals surface area (Å²) in [5.41, 5.74) is 3.89. The van der Waals surface area contributed by atoms with Gasteiger partial charge in [0.05, 0.1) is 18.1 Å². The molecule has 3 rings (SSSR count). The third-order valence-electron chi connectivity index (χ3n) is 8.08. The van der Waals surface area contributed by atoms with Crippen molar-refractivity contribution in [3.63, 3.8) is 0 Å². The Morgan fingerprint density at radius 2 is 1.97 bits per heavy atom. The molecule has 0 spiro atoms. The zero-order chi connectivity index (χ0) is 25.6. The molecule has 1 fully saturated rings. The Morgan fingerprint density at radius 3 is 2.57 bits per heavy atom. The van der Waals surface area contributed by atoms with E-state index in [1.54, 1.807) is 7.11 Å². The van der Waals surface area contributed by atoms with Crippen molar-refractivity contribution in [3.05, 3.63) is 47.6 Å². The third kappa shape index (κ3) is 6.22. The van der Waals surface area contributed by atoms with Crippen molar-refractivity contribution in [3.8, 4) is 0 Å². The summed E-state index contributed by atoms with van der Waals surface area (Å²) >= 11 is 0. The lowest BCUT2D eigenvalue weighted by atomic mass is 9.70. The molecule has 0 bridgehead atoms. The summed E-state index contributed by atoms with van der Waals surface area (Å²) in [6, 6.07) is 8.00. The van der Waals surface area contributed by atoms with Crippen molar-refractivity contribution >= 4 is 23.1 Å². The van der Waals surface area contributed by atoms with Crippen LogP contribution in [0.3, 0.4) is 0 Å². The Bertz CT molecular complexity index is 971. The maximum absolute atomic E-state index is 11.9. The van der Waals surface area contributed by atoms with Gasteiger partial charge in [0.15, 0.2) is 0 Å². The Balaban J connectivity index is 2.19. The van der Waals surface area contributed by atoms with Crippen LogP contribution >= 0.6 is 0 Å². The molecule has 0 radical (unpaired) electrons. The number of carbonyl (C=O) groups excluding carboxylic acids is 2. The van der Waals surface area contributed by atoms with Gasteiger partial charge in [-0.05, 0) is 72.4 Å². The maximum atomic E-state index is 11.9. The molecule has 1 aromatic rings. The summed E-state index contributed by atoms with van der Waals surface area (Å²) in [7, 11) is 1.80. The van der Waals surface area contributed by atoms with Crippen LogP contribution in [0.15, 0.2) is 42.0 Å². The average Bonchev–Trinajstić information content (AvgIpc) is 2.97. The van der Waals surface area contributed by atoms with Gasteiger partial charge in [0, 0.05) is 32.6 Å². The summed E-state index contributed by atoms with van der Waals surface area (Å²) in [4.78, 5) is 23.7. The van der Waals surface area contributed by atoms with E-state index < -0.39 is 12.2 Å². The summed E-state index contributed by atoms with van der Waals surface area (Å²) < 4.78 is 11.7. The molecule has 3 atom stereocenters. The largest absolute Gasteiger partial charge is 0.458 e. The fourth-order valence-electron chi connectivity index (χ4n) is 5.69. The summed E-state index contributed by atoms with van der Waals surface area (Å²) in [6.45, 7) is 8.16. The first-order valence-electron chi connectivity index (χ1n) is 12.9. The number of hydrogen-bond acceptors (Lipinski definition) is 5. The Kier molecular flexibility index (Phi) is 8.94. The average molecular weight is 484 g/mol. The molecule has 1 aliphatic heterocycles. The molecule has 1 amide bonds. The van der Waals surface area contributed by atoms with Crippen LogP contribution < -0.4 is 5.32 Å². The zero-order valence-corrected chi connectivity index (χ0v) is 21.9. The van der Waals surface area contributed by atoms with Crippen LogP contribution in [0.5, 0.6) is 0 Å². The standard InChI is InChI=1S/C29H41NO5/c1-6-28(7-2)14-15-29(8-3,34-5)19-25(21-10-9-11-22(16-21)30-20(4)31)26(28)13-12-24-17-23(32)18-27(33)35-24/h9-13,16,23-24,32H,6-8,14-15,17-19H2,1-5H3,(H,30,31). The fourth-order valence-corrected chi connectivity index (χ4v) is 5.69. The minimum Gasteiger partial charge on any atom is -0.458 e. The quantitative estimate of drug-likeness (QED) is 0.456. The number of aliphatic hydroxyl groups is 1. The number of allylic oxidation sites excluding steroid dienone is 2. The van der Waals surface area contributed by atoms with E-state index >= 15 is 0 Å². The van der Waals surface area contributed by atoms with E-state index in [0.29, 0.717) is 6.42 Å². The summed E-state index contributed by atoms with van der Waals surface area (Å²) in [5.74, 6) is -0.468. The third-order valence-corrected chi connectivity index (χ3v) is 8.08. The van der Waals surface area contributed by atoms with Crippen molar-refractivity contribution in [2.24, 2.45) is 5.41 Å². The number of rotatable bonds is 8. The van der Waals surface area contributed by atoms with E-state index in [2.05, 4.69) is 38.2 Å². The topological polar surface area (TPSA) is 84.9 Å². The summed E-state index contributed by atoms with van der Waals surface area (Å²) in [6.07, 6.45) is 8.93.